The number of carbonyl (C=O) groups is 1. The maximum absolute atomic E-state index is 12.1. The van der Waals surface area contributed by atoms with Crippen molar-refractivity contribution >= 4 is 45.5 Å². The SMILES string of the molecule is CCc1c(C)sc(NC(=S)Nc2cccc(C)n2)c1C(=O)OC. The van der Waals surface area contributed by atoms with E-state index in [0.717, 1.165) is 22.6 Å². The number of carbonyl (C=O) groups excluding carboxylic acids is 1. The van der Waals surface area contributed by atoms with Gasteiger partial charge in [-0.1, -0.05) is 13.0 Å². The van der Waals surface area contributed by atoms with Gasteiger partial charge in [0, 0.05) is 10.6 Å². The van der Waals surface area contributed by atoms with E-state index in [2.05, 4.69) is 15.6 Å². The first kappa shape index (κ1) is 17.4. The van der Waals surface area contributed by atoms with E-state index in [0.29, 0.717) is 21.5 Å². The first-order valence-corrected chi connectivity index (χ1v) is 8.41. The molecule has 0 spiro atoms. The smallest absolute Gasteiger partial charge is 0.341 e. The van der Waals surface area contributed by atoms with Gasteiger partial charge in [-0.05, 0) is 50.2 Å². The molecule has 0 aliphatic carbocycles. The Morgan fingerprint density at radius 3 is 2.70 bits per heavy atom. The summed E-state index contributed by atoms with van der Waals surface area (Å²) in [6, 6.07) is 5.64. The Labute approximate surface area is 145 Å². The molecule has 0 radical (unpaired) electrons. The minimum atomic E-state index is -0.356. The lowest BCUT2D eigenvalue weighted by Crippen LogP contribution is -2.21. The van der Waals surface area contributed by atoms with Crippen LogP contribution in [0.25, 0.3) is 0 Å². The summed E-state index contributed by atoms with van der Waals surface area (Å²) in [6.45, 7) is 5.91. The van der Waals surface area contributed by atoms with E-state index in [1.54, 1.807) is 0 Å². The lowest BCUT2D eigenvalue weighted by molar-refractivity contribution is 0.0601. The molecule has 0 saturated heterocycles. The second-order valence-corrected chi connectivity index (χ2v) is 6.56. The largest absolute Gasteiger partial charge is 0.465 e. The summed E-state index contributed by atoms with van der Waals surface area (Å²) in [5, 5.41) is 7.19. The third kappa shape index (κ3) is 4.05. The number of aryl methyl sites for hydroxylation is 2. The summed E-state index contributed by atoms with van der Waals surface area (Å²) < 4.78 is 4.90. The molecule has 0 saturated carbocycles. The van der Waals surface area contributed by atoms with E-state index in [9.17, 15) is 4.79 Å². The van der Waals surface area contributed by atoms with Gasteiger partial charge in [0.2, 0.25) is 0 Å². The van der Waals surface area contributed by atoms with E-state index in [-0.39, 0.29) is 5.97 Å². The topological polar surface area (TPSA) is 63.2 Å². The zero-order valence-corrected chi connectivity index (χ0v) is 15.2. The number of esters is 1. The zero-order chi connectivity index (χ0) is 17.0. The molecule has 2 heterocycles. The number of anilines is 2. The first-order chi connectivity index (χ1) is 11.0. The molecule has 0 fully saturated rings. The maximum Gasteiger partial charge on any atom is 0.341 e. The van der Waals surface area contributed by atoms with Crippen molar-refractivity contribution in [1.29, 1.82) is 0 Å². The third-order valence-electron chi connectivity index (χ3n) is 3.31. The minimum absolute atomic E-state index is 0.356. The molecule has 2 aromatic heterocycles. The average Bonchev–Trinajstić information content (AvgIpc) is 2.81. The molecule has 5 nitrogen and oxygen atoms in total. The van der Waals surface area contributed by atoms with Gasteiger partial charge in [0.05, 0.1) is 12.7 Å². The van der Waals surface area contributed by atoms with Crippen LogP contribution in [-0.2, 0) is 11.2 Å². The highest BCUT2D eigenvalue weighted by Crippen LogP contribution is 2.34. The van der Waals surface area contributed by atoms with Gasteiger partial charge in [-0.2, -0.15) is 0 Å². The predicted octanol–water partition coefficient (Wildman–Crippen LogP) is 3.92. The number of hydrogen-bond donors (Lipinski definition) is 2. The van der Waals surface area contributed by atoms with Crippen molar-refractivity contribution in [3.05, 3.63) is 39.9 Å². The Morgan fingerprint density at radius 2 is 2.09 bits per heavy atom. The Kier molecular flexibility index (Phi) is 5.68. The molecule has 0 aromatic carbocycles. The van der Waals surface area contributed by atoms with Crippen LogP contribution < -0.4 is 10.6 Å². The molecule has 2 aromatic rings. The highest BCUT2D eigenvalue weighted by Gasteiger charge is 2.22. The Morgan fingerprint density at radius 1 is 1.35 bits per heavy atom. The number of methoxy groups -OCH3 is 1. The number of thiophene rings is 1. The van der Waals surface area contributed by atoms with Gasteiger partial charge in [-0.25, -0.2) is 9.78 Å². The summed E-state index contributed by atoms with van der Waals surface area (Å²) in [6.07, 6.45) is 0.758. The Balaban J connectivity index is 2.22. The van der Waals surface area contributed by atoms with Crippen molar-refractivity contribution in [1.82, 2.24) is 4.98 Å². The van der Waals surface area contributed by atoms with Gasteiger partial charge >= 0.3 is 5.97 Å². The summed E-state index contributed by atoms with van der Waals surface area (Å²) in [4.78, 5) is 17.5. The average molecular weight is 349 g/mol. The normalized spacial score (nSPS) is 10.3. The van der Waals surface area contributed by atoms with E-state index in [4.69, 9.17) is 17.0 Å². The molecule has 7 heteroatoms. The van der Waals surface area contributed by atoms with E-state index in [1.165, 1.54) is 18.4 Å². The van der Waals surface area contributed by atoms with Crippen LogP contribution in [0.4, 0.5) is 10.8 Å². The molecule has 0 unspecified atom stereocenters. The van der Waals surface area contributed by atoms with Gasteiger partial charge in [0.1, 0.15) is 10.8 Å². The number of thiocarbonyl (C=S) groups is 1. The van der Waals surface area contributed by atoms with Gasteiger partial charge in [-0.15, -0.1) is 11.3 Å². The van der Waals surface area contributed by atoms with Crippen molar-refractivity contribution in [3.63, 3.8) is 0 Å². The fourth-order valence-electron chi connectivity index (χ4n) is 2.27. The fourth-order valence-corrected chi connectivity index (χ4v) is 3.68. The number of aromatic nitrogens is 1. The van der Waals surface area contributed by atoms with Crippen molar-refractivity contribution in [3.8, 4) is 0 Å². The molecular formula is C16H19N3O2S2. The minimum Gasteiger partial charge on any atom is -0.465 e. The summed E-state index contributed by atoms with van der Waals surface area (Å²) in [5.74, 6) is 0.302. The lowest BCUT2D eigenvalue weighted by Gasteiger charge is -2.10. The standard InChI is InChI=1S/C16H19N3O2S2/c1-5-11-10(3)23-14(13(11)15(20)21-4)19-16(22)18-12-8-6-7-9(2)17-12/h6-8H,5H2,1-4H3,(H2,17,18,19,22). The van der Waals surface area contributed by atoms with E-state index >= 15 is 0 Å². The Hall–Kier alpha value is -1.99. The van der Waals surface area contributed by atoms with Crippen molar-refractivity contribution in [2.24, 2.45) is 0 Å². The van der Waals surface area contributed by atoms with Crippen LogP contribution in [0.5, 0.6) is 0 Å². The van der Waals surface area contributed by atoms with Crippen LogP contribution in [0.3, 0.4) is 0 Å². The van der Waals surface area contributed by atoms with E-state index < -0.39 is 0 Å². The molecule has 0 atom stereocenters. The van der Waals surface area contributed by atoms with Gasteiger partial charge in [0.25, 0.3) is 0 Å². The number of hydrogen-bond acceptors (Lipinski definition) is 5. The van der Waals surface area contributed by atoms with Crippen LogP contribution in [0.1, 0.15) is 33.4 Å². The van der Waals surface area contributed by atoms with Crippen LogP contribution in [-0.4, -0.2) is 23.2 Å². The predicted molar refractivity (Wildman–Crippen MR) is 98.6 cm³/mol. The number of rotatable bonds is 4. The van der Waals surface area contributed by atoms with E-state index in [1.807, 2.05) is 39.0 Å². The number of nitrogens with one attached hydrogen (secondary N) is 2. The Bertz CT molecular complexity index is 741. The molecule has 0 aliphatic heterocycles. The second kappa shape index (κ2) is 7.52. The molecule has 23 heavy (non-hydrogen) atoms. The second-order valence-electron chi connectivity index (χ2n) is 4.93. The highest BCUT2D eigenvalue weighted by molar-refractivity contribution is 7.80. The van der Waals surface area contributed by atoms with Crippen molar-refractivity contribution in [2.75, 3.05) is 17.7 Å². The number of pyridine rings is 1. The highest BCUT2D eigenvalue weighted by atomic mass is 32.1. The molecule has 0 amide bonds. The summed E-state index contributed by atoms with van der Waals surface area (Å²) in [5.41, 5.74) is 2.44. The van der Waals surface area contributed by atoms with Crippen LogP contribution in [0.15, 0.2) is 18.2 Å². The van der Waals surface area contributed by atoms with Crippen molar-refractivity contribution < 1.29 is 9.53 Å². The summed E-state index contributed by atoms with van der Waals surface area (Å²) >= 11 is 6.82. The monoisotopic (exact) mass is 349 g/mol. The van der Waals surface area contributed by atoms with Gasteiger partial charge in [-0.3, -0.25) is 0 Å². The molecule has 0 aliphatic rings. The molecule has 0 bridgehead atoms. The number of nitrogens with zero attached hydrogens (tertiary/aromatic N) is 1. The van der Waals surface area contributed by atoms with Crippen LogP contribution in [0, 0.1) is 13.8 Å². The molecular weight excluding hydrogens is 330 g/mol. The third-order valence-corrected chi connectivity index (χ3v) is 4.58. The van der Waals surface area contributed by atoms with Crippen LogP contribution in [0.2, 0.25) is 0 Å². The molecule has 2 N–H and O–H groups in total. The molecule has 122 valence electrons. The van der Waals surface area contributed by atoms with Crippen molar-refractivity contribution in [2.45, 2.75) is 27.2 Å². The number of ether oxygens (including phenoxy) is 1. The maximum atomic E-state index is 12.1. The lowest BCUT2D eigenvalue weighted by atomic mass is 10.1. The summed E-state index contributed by atoms with van der Waals surface area (Å²) in [7, 11) is 1.38. The van der Waals surface area contributed by atoms with Crippen LogP contribution >= 0.6 is 23.6 Å². The zero-order valence-electron chi connectivity index (χ0n) is 13.5. The molecule has 2 rings (SSSR count). The van der Waals surface area contributed by atoms with Gasteiger partial charge < -0.3 is 15.4 Å². The fraction of sp³-hybridized carbons (Fsp3) is 0.312. The van der Waals surface area contributed by atoms with Gasteiger partial charge in [0.15, 0.2) is 5.11 Å². The quantitative estimate of drug-likeness (QED) is 0.644. The first-order valence-electron chi connectivity index (χ1n) is 7.18.